The third kappa shape index (κ3) is 5.84. The highest BCUT2D eigenvalue weighted by atomic mass is 16.7. The number of fused-ring (bicyclic) bond motifs is 1. The topological polar surface area (TPSA) is 350 Å². The Bertz CT molecular complexity index is 2440. The zero-order valence-electron chi connectivity index (χ0n) is 27.1. The van der Waals surface area contributed by atoms with Gasteiger partial charge in [-0.3, -0.25) is 0 Å². The van der Waals surface area contributed by atoms with Gasteiger partial charge >= 0.3 is 23.9 Å². The predicted molar refractivity (Wildman–Crippen MR) is 172 cm³/mol. The van der Waals surface area contributed by atoms with Crippen LogP contribution < -0.4 is 0 Å². The van der Waals surface area contributed by atoms with E-state index in [1.807, 2.05) is 0 Å². The van der Waals surface area contributed by atoms with E-state index >= 15 is 0 Å². The summed E-state index contributed by atoms with van der Waals surface area (Å²) in [6, 6.07) is 4.04. The number of esters is 4. The average molecular weight is 769 g/mol. The summed E-state index contributed by atoms with van der Waals surface area (Å²) in [6.45, 7) is -0.996. The number of hydrogen-bond donors (Lipinski definition) is 11. The van der Waals surface area contributed by atoms with Gasteiger partial charge in [0.15, 0.2) is 75.5 Å². The van der Waals surface area contributed by atoms with E-state index in [1.165, 1.54) is 0 Å². The van der Waals surface area contributed by atoms with E-state index in [0.29, 0.717) is 30.3 Å². The number of hydrogen-bond acceptors (Lipinski definition) is 21. The lowest BCUT2D eigenvalue weighted by atomic mass is 9.97. The summed E-state index contributed by atoms with van der Waals surface area (Å²) in [4.78, 5) is 54.1. The number of aliphatic hydroxyl groups excluding tert-OH is 1. The van der Waals surface area contributed by atoms with Crippen molar-refractivity contribution in [2.24, 2.45) is 0 Å². The lowest BCUT2D eigenvalue weighted by Crippen LogP contribution is -2.62. The first-order chi connectivity index (χ1) is 26.0. The summed E-state index contributed by atoms with van der Waals surface area (Å²) in [5.74, 6) is -15.4. The van der Waals surface area contributed by atoms with Gasteiger partial charge in [-0.15, -0.1) is 0 Å². The molecule has 1 aromatic heterocycles. The predicted octanol–water partition coefficient (Wildman–Crippen LogP) is 1.51. The molecule has 21 heteroatoms. The van der Waals surface area contributed by atoms with Crippen LogP contribution in [0.4, 0.5) is 0 Å². The Hall–Kier alpha value is -7.52. The smallest absolute Gasteiger partial charge is 0.340 e. The van der Waals surface area contributed by atoms with Crippen LogP contribution in [0.3, 0.4) is 0 Å². The van der Waals surface area contributed by atoms with E-state index in [1.54, 1.807) is 0 Å². The number of ether oxygens (including phenoxy) is 5. The Morgan fingerprint density at radius 1 is 0.600 bits per heavy atom. The number of phenolic OH excluding ortho intramolecular Hbond substituents is 10. The fraction of sp³-hybridized carbons (Fsp3) is 0.176. The summed E-state index contributed by atoms with van der Waals surface area (Å²) in [5, 5.41) is 112. The zero-order valence-corrected chi connectivity index (χ0v) is 27.1. The van der Waals surface area contributed by atoms with Gasteiger partial charge in [-0.25, -0.2) is 19.2 Å². The molecule has 0 unspecified atom stereocenters. The molecule has 3 heterocycles. The number of furan rings is 1. The fourth-order valence-corrected chi connectivity index (χ4v) is 6.02. The largest absolute Gasteiger partial charge is 0.504 e. The van der Waals surface area contributed by atoms with Crippen molar-refractivity contribution in [3.05, 3.63) is 58.7 Å². The van der Waals surface area contributed by atoms with Gasteiger partial charge in [0, 0.05) is 10.8 Å². The Morgan fingerprint density at radius 3 is 1.53 bits per heavy atom. The fourth-order valence-electron chi connectivity index (χ4n) is 6.02. The molecule has 0 radical (unpaired) electrons. The summed E-state index contributed by atoms with van der Waals surface area (Å²) >= 11 is 0. The van der Waals surface area contributed by atoms with E-state index in [-0.39, 0.29) is 0 Å². The van der Waals surface area contributed by atoms with Crippen molar-refractivity contribution in [3.63, 3.8) is 0 Å². The average Bonchev–Trinajstić information content (AvgIpc) is 3.54. The molecule has 1 saturated heterocycles. The quantitative estimate of drug-likeness (QED) is 0.0701. The minimum Gasteiger partial charge on any atom is -0.504 e. The second-order valence-corrected chi connectivity index (χ2v) is 12.1. The molecule has 21 nitrogen and oxygen atoms in total. The molecule has 7 rings (SSSR count). The van der Waals surface area contributed by atoms with Gasteiger partial charge in [-0.1, -0.05) is 0 Å². The van der Waals surface area contributed by atoms with E-state index in [4.69, 9.17) is 28.1 Å². The molecule has 0 spiro atoms. The van der Waals surface area contributed by atoms with Crippen molar-refractivity contribution in [1.82, 2.24) is 0 Å². The lowest BCUT2D eigenvalue weighted by Gasteiger charge is -2.42. The number of carbonyl (C=O) groups is 4. The molecule has 2 aliphatic rings. The Labute approximate surface area is 302 Å². The minimum absolute atomic E-state index is 0.412. The Morgan fingerprint density at radius 2 is 1.04 bits per heavy atom. The first-order valence-electron chi connectivity index (χ1n) is 15.5. The summed E-state index contributed by atoms with van der Waals surface area (Å²) in [6.07, 6.45) is -10.7. The molecule has 0 bridgehead atoms. The van der Waals surface area contributed by atoms with Crippen LogP contribution in [0.5, 0.6) is 57.5 Å². The van der Waals surface area contributed by atoms with Crippen molar-refractivity contribution in [2.45, 2.75) is 30.7 Å². The molecule has 0 amide bonds. The zero-order chi connectivity index (χ0) is 39.8. The van der Waals surface area contributed by atoms with Crippen LogP contribution in [0.25, 0.3) is 21.9 Å². The first-order valence-corrected chi connectivity index (χ1v) is 15.5. The molecule has 5 aromatic rings. The molecular formula is C34H24O21. The van der Waals surface area contributed by atoms with E-state index < -0.39 is 163 Å². The van der Waals surface area contributed by atoms with Crippen LogP contribution in [0.1, 0.15) is 41.4 Å². The third-order valence-corrected chi connectivity index (χ3v) is 8.68. The second-order valence-electron chi connectivity index (χ2n) is 12.1. The monoisotopic (exact) mass is 768 g/mol. The number of aromatic hydroxyl groups is 10. The molecule has 55 heavy (non-hydrogen) atoms. The summed E-state index contributed by atoms with van der Waals surface area (Å²) in [7, 11) is 0. The molecule has 0 saturated carbocycles. The first kappa shape index (κ1) is 35.9. The van der Waals surface area contributed by atoms with Crippen molar-refractivity contribution in [1.29, 1.82) is 0 Å². The summed E-state index contributed by atoms with van der Waals surface area (Å²) < 4.78 is 32.8. The van der Waals surface area contributed by atoms with Gasteiger partial charge in [-0.05, 0) is 36.4 Å². The van der Waals surface area contributed by atoms with Crippen LogP contribution in [0.2, 0.25) is 0 Å². The van der Waals surface area contributed by atoms with Crippen molar-refractivity contribution in [2.75, 3.05) is 6.61 Å². The Kier molecular flexibility index (Phi) is 8.38. The van der Waals surface area contributed by atoms with E-state index in [9.17, 15) is 75.3 Å². The SMILES string of the molecule is O=C(O[C@@H]1O[C@@H]2COC(=O)c3cc(O)c(O)c4oc5c(O)c(O)cc(c5c34)C(=O)O[C@H]2[C@H](OC(=O)c2cc(O)c(O)c(O)c2)[C@H]1O)c1cc(O)c(O)c(O)c1. The molecular weight excluding hydrogens is 744 g/mol. The van der Waals surface area contributed by atoms with Gasteiger partial charge in [0.2, 0.25) is 17.8 Å². The standard InChI is InChI=1S/C34H24O21/c35-12-1-8(2-13(36)21(12)41)30(46)54-29-25(45)34(55-31(47)9-3-14(37)22(42)15(38)4-9)51-18-7-50-32(48)10-5-16(39)23(43)27-19(10)20-11(33(49)53-26(18)29)6-17(40)24(44)28(20)52-27/h1-6,18,25-26,29,34-45H,7H2/t18-,25-,26-,29-,34+/m1/s1. The molecule has 286 valence electrons. The lowest BCUT2D eigenvalue weighted by molar-refractivity contribution is -0.283. The van der Waals surface area contributed by atoms with Gasteiger partial charge < -0.3 is 84.3 Å². The number of benzene rings is 4. The number of cyclic esters (lactones) is 1. The van der Waals surface area contributed by atoms with Crippen LogP contribution in [-0.4, -0.2) is 117 Å². The third-order valence-electron chi connectivity index (χ3n) is 8.68. The normalized spacial score (nSPS) is 21.0. The Balaban J connectivity index is 1.34. The number of aliphatic hydroxyl groups is 1. The molecule has 5 atom stereocenters. The molecule has 2 aliphatic heterocycles. The minimum atomic E-state index is -2.35. The maximum Gasteiger partial charge on any atom is 0.340 e. The highest BCUT2D eigenvalue weighted by Crippen LogP contribution is 2.48. The van der Waals surface area contributed by atoms with Crippen LogP contribution in [0, 0.1) is 0 Å². The molecule has 11 N–H and O–H groups in total. The van der Waals surface area contributed by atoms with Gasteiger partial charge in [0.25, 0.3) is 0 Å². The van der Waals surface area contributed by atoms with Crippen molar-refractivity contribution in [3.8, 4) is 57.5 Å². The van der Waals surface area contributed by atoms with Gasteiger partial charge in [0.1, 0.15) is 12.7 Å². The number of carbonyl (C=O) groups excluding carboxylic acids is 4. The highest BCUT2D eigenvalue weighted by molar-refractivity contribution is 6.23. The van der Waals surface area contributed by atoms with Crippen LogP contribution >= 0.6 is 0 Å². The summed E-state index contributed by atoms with van der Waals surface area (Å²) in [5.41, 5.74) is -3.83. The van der Waals surface area contributed by atoms with Crippen molar-refractivity contribution >= 4 is 45.8 Å². The highest BCUT2D eigenvalue weighted by Gasteiger charge is 2.52. The maximum atomic E-state index is 14.0. The maximum absolute atomic E-state index is 14.0. The van der Waals surface area contributed by atoms with Crippen LogP contribution in [-0.2, 0) is 23.7 Å². The van der Waals surface area contributed by atoms with Crippen molar-refractivity contribution < 1.29 is 103 Å². The van der Waals surface area contributed by atoms with Crippen LogP contribution in [0.15, 0.2) is 40.8 Å². The second kappa shape index (κ2) is 12.9. The van der Waals surface area contributed by atoms with E-state index in [2.05, 4.69) is 0 Å². The molecule has 4 aromatic carbocycles. The van der Waals surface area contributed by atoms with Gasteiger partial charge in [-0.2, -0.15) is 0 Å². The number of rotatable bonds is 4. The molecule has 0 aliphatic carbocycles. The van der Waals surface area contributed by atoms with E-state index in [0.717, 1.165) is 6.07 Å². The molecule has 1 fully saturated rings. The number of phenols is 10. The van der Waals surface area contributed by atoms with Gasteiger partial charge in [0.05, 0.1) is 22.3 Å².